The molecular weight excluding hydrogens is 236 g/mol. The number of benzene rings is 1. The van der Waals surface area contributed by atoms with Crippen LogP contribution in [0.15, 0.2) is 24.3 Å². The molecule has 1 aliphatic carbocycles. The van der Waals surface area contributed by atoms with Crippen molar-refractivity contribution in [3.05, 3.63) is 35.4 Å². The molecule has 2 atom stereocenters. The highest BCUT2D eigenvalue weighted by Gasteiger charge is 2.23. The molecule has 0 spiro atoms. The van der Waals surface area contributed by atoms with Crippen molar-refractivity contribution in [1.29, 1.82) is 0 Å². The maximum absolute atomic E-state index is 11.6. The number of fused-ring (bicyclic) bond motifs is 1. The molecule has 2 rings (SSSR count). The second-order valence-electron chi connectivity index (χ2n) is 5.65. The normalized spacial score (nSPS) is 21.8. The number of hydrogen-bond donors (Lipinski definition) is 1. The summed E-state index contributed by atoms with van der Waals surface area (Å²) in [5, 5.41) is 3.54. The molecule has 104 valence electrons. The standard InChI is InChI=1S/C16H24N2O/c1-12-8-9-15(14-7-5-4-6-13(12)14)17-11-10-16(19)18(2)3/h4-7,12,15,17H,8-11H2,1-3H3. The molecule has 1 aliphatic rings. The smallest absolute Gasteiger partial charge is 0.223 e. The fourth-order valence-corrected chi connectivity index (χ4v) is 2.79. The van der Waals surface area contributed by atoms with Gasteiger partial charge in [-0.1, -0.05) is 31.2 Å². The third-order valence-electron chi connectivity index (χ3n) is 4.02. The molecule has 0 bridgehead atoms. The first-order chi connectivity index (χ1) is 9.09. The Kier molecular flexibility index (Phi) is 4.59. The van der Waals surface area contributed by atoms with Crippen molar-refractivity contribution in [3.63, 3.8) is 0 Å². The van der Waals surface area contributed by atoms with Gasteiger partial charge in [-0.15, -0.1) is 0 Å². The van der Waals surface area contributed by atoms with E-state index < -0.39 is 0 Å². The molecular formula is C16H24N2O. The van der Waals surface area contributed by atoms with Gasteiger partial charge in [-0.3, -0.25) is 4.79 Å². The molecule has 0 aromatic heterocycles. The molecule has 0 heterocycles. The Balaban J connectivity index is 1.95. The summed E-state index contributed by atoms with van der Waals surface area (Å²) in [6.07, 6.45) is 2.95. The summed E-state index contributed by atoms with van der Waals surface area (Å²) >= 11 is 0. The minimum Gasteiger partial charge on any atom is -0.349 e. The van der Waals surface area contributed by atoms with Crippen LogP contribution in [0.2, 0.25) is 0 Å². The first kappa shape index (κ1) is 14.1. The molecule has 3 nitrogen and oxygen atoms in total. The van der Waals surface area contributed by atoms with Crippen molar-refractivity contribution < 1.29 is 4.79 Å². The Bertz CT molecular complexity index is 442. The molecule has 1 N–H and O–H groups in total. The van der Waals surface area contributed by atoms with Crippen LogP contribution in [0, 0.1) is 0 Å². The quantitative estimate of drug-likeness (QED) is 0.902. The van der Waals surface area contributed by atoms with E-state index in [9.17, 15) is 4.79 Å². The molecule has 1 amide bonds. The number of carbonyl (C=O) groups excluding carboxylic acids is 1. The molecule has 19 heavy (non-hydrogen) atoms. The largest absolute Gasteiger partial charge is 0.349 e. The monoisotopic (exact) mass is 260 g/mol. The molecule has 0 saturated heterocycles. The summed E-state index contributed by atoms with van der Waals surface area (Å²) in [4.78, 5) is 13.2. The van der Waals surface area contributed by atoms with Gasteiger partial charge in [-0.25, -0.2) is 0 Å². The zero-order valence-corrected chi connectivity index (χ0v) is 12.1. The number of rotatable bonds is 4. The van der Waals surface area contributed by atoms with E-state index in [4.69, 9.17) is 0 Å². The summed E-state index contributed by atoms with van der Waals surface area (Å²) in [5.41, 5.74) is 2.88. The lowest BCUT2D eigenvalue weighted by atomic mass is 9.81. The van der Waals surface area contributed by atoms with Crippen molar-refractivity contribution in [2.24, 2.45) is 0 Å². The Morgan fingerprint density at radius 1 is 1.26 bits per heavy atom. The minimum absolute atomic E-state index is 0.185. The van der Waals surface area contributed by atoms with E-state index >= 15 is 0 Å². The van der Waals surface area contributed by atoms with Crippen molar-refractivity contribution in [1.82, 2.24) is 10.2 Å². The Morgan fingerprint density at radius 3 is 2.63 bits per heavy atom. The Hall–Kier alpha value is -1.35. The van der Waals surface area contributed by atoms with Gasteiger partial charge in [0, 0.05) is 33.1 Å². The highest BCUT2D eigenvalue weighted by Crippen LogP contribution is 2.36. The van der Waals surface area contributed by atoms with Gasteiger partial charge in [0.05, 0.1) is 0 Å². The SMILES string of the molecule is CC1CCC(NCCC(=O)N(C)C)c2ccccc21. The van der Waals surface area contributed by atoms with Crippen LogP contribution in [-0.4, -0.2) is 31.4 Å². The number of nitrogens with zero attached hydrogens (tertiary/aromatic N) is 1. The number of hydrogen-bond acceptors (Lipinski definition) is 2. The van der Waals surface area contributed by atoms with E-state index in [1.54, 1.807) is 19.0 Å². The van der Waals surface area contributed by atoms with E-state index in [1.807, 2.05) is 0 Å². The van der Waals surface area contributed by atoms with Crippen LogP contribution in [0.4, 0.5) is 0 Å². The number of carbonyl (C=O) groups is 1. The molecule has 3 heteroatoms. The van der Waals surface area contributed by atoms with Crippen molar-refractivity contribution in [2.45, 2.75) is 38.1 Å². The van der Waals surface area contributed by atoms with Gasteiger partial charge in [0.25, 0.3) is 0 Å². The van der Waals surface area contributed by atoms with Crippen molar-refractivity contribution >= 4 is 5.91 Å². The maximum Gasteiger partial charge on any atom is 0.223 e. The van der Waals surface area contributed by atoms with Crippen LogP contribution >= 0.6 is 0 Å². The van der Waals surface area contributed by atoms with Gasteiger partial charge in [0.15, 0.2) is 0 Å². The van der Waals surface area contributed by atoms with E-state index in [-0.39, 0.29) is 5.91 Å². The van der Waals surface area contributed by atoms with Gasteiger partial charge in [0.2, 0.25) is 5.91 Å². The second-order valence-corrected chi connectivity index (χ2v) is 5.65. The topological polar surface area (TPSA) is 32.3 Å². The molecule has 0 radical (unpaired) electrons. The fraction of sp³-hybridized carbons (Fsp3) is 0.562. The second kappa shape index (κ2) is 6.20. The third kappa shape index (κ3) is 3.35. The molecule has 1 aromatic carbocycles. The zero-order valence-electron chi connectivity index (χ0n) is 12.1. The van der Waals surface area contributed by atoms with Crippen LogP contribution in [0.5, 0.6) is 0 Å². The highest BCUT2D eigenvalue weighted by atomic mass is 16.2. The van der Waals surface area contributed by atoms with Gasteiger partial charge >= 0.3 is 0 Å². The summed E-state index contributed by atoms with van der Waals surface area (Å²) in [7, 11) is 3.61. The third-order valence-corrected chi connectivity index (χ3v) is 4.02. The number of amides is 1. The first-order valence-corrected chi connectivity index (χ1v) is 7.12. The van der Waals surface area contributed by atoms with Crippen LogP contribution in [0.3, 0.4) is 0 Å². The lowest BCUT2D eigenvalue weighted by Gasteiger charge is -2.30. The van der Waals surface area contributed by atoms with E-state index in [2.05, 4.69) is 36.5 Å². The summed E-state index contributed by atoms with van der Waals surface area (Å²) in [6, 6.07) is 9.08. The minimum atomic E-state index is 0.185. The van der Waals surface area contributed by atoms with Crippen molar-refractivity contribution in [3.8, 4) is 0 Å². The lowest BCUT2D eigenvalue weighted by Crippen LogP contribution is -2.31. The Morgan fingerprint density at radius 2 is 1.95 bits per heavy atom. The van der Waals surface area contributed by atoms with E-state index in [1.165, 1.54) is 17.5 Å². The summed E-state index contributed by atoms with van der Waals surface area (Å²) in [6.45, 7) is 3.05. The molecule has 0 aliphatic heterocycles. The first-order valence-electron chi connectivity index (χ1n) is 7.12. The fourth-order valence-electron chi connectivity index (χ4n) is 2.79. The van der Waals surface area contributed by atoms with Gasteiger partial charge in [0.1, 0.15) is 0 Å². The van der Waals surface area contributed by atoms with Gasteiger partial charge < -0.3 is 10.2 Å². The zero-order chi connectivity index (χ0) is 13.8. The maximum atomic E-state index is 11.6. The molecule has 1 aromatic rings. The molecule has 0 saturated carbocycles. The summed E-state index contributed by atoms with van der Waals surface area (Å²) in [5.74, 6) is 0.836. The summed E-state index contributed by atoms with van der Waals surface area (Å²) < 4.78 is 0. The van der Waals surface area contributed by atoms with Crippen LogP contribution in [0.25, 0.3) is 0 Å². The van der Waals surface area contributed by atoms with Crippen LogP contribution < -0.4 is 5.32 Å². The molecule has 0 fully saturated rings. The number of nitrogens with one attached hydrogen (secondary N) is 1. The molecule has 2 unspecified atom stereocenters. The van der Waals surface area contributed by atoms with Crippen molar-refractivity contribution in [2.75, 3.05) is 20.6 Å². The van der Waals surface area contributed by atoms with Gasteiger partial charge in [-0.05, 0) is 29.9 Å². The van der Waals surface area contributed by atoms with Crippen LogP contribution in [-0.2, 0) is 4.79 Å². The van der Waals surface area contributed by atoms with E-state index in [0.717, 1.165) is 13.0 Å². The predicted octanol–water partition coefficient (Wildman–Crippen LogP) is 2.69. The average Bonchev–Trinajstić information content (AvgIpc) is 2.41. The van der Waals surface area contributed by atoms with Crippen LogP contribution in [0.1, 0.15) is 49.3 Å². The van der Waals surface area contributed by atoms with Gasteiger partial charge in [-0.2, -0.15) is 0 Å². The average molecular weight is 260 g/mol. The highest BCUT2D eigenvalue weighted by molar-refractivity contribution is 5.75. The lowest BCUT2D eigenvalue weighted by molar-refractivity contribution is -0.128. The predicted molar refractivity (Wildman–Crippen MR) is 78.1 cm³/mol. The van der Waals surface area contributed by atoms with E-state index in [0.29, 0.717) is 18.4 Å². The Labute approximate surface area is 116 Å².